The number of allylic oxidation sites excluding steroid dienone is 2. The minimum Gasteiger partial charge on any atom is -0.481 e. The van der Waals surface area contributed by atoms with E-state index in [1.807, 2.05) is 49.9 Å². The second-order valence-electron chi connectivity index (χ2n) is 7.78. The third kappa shape index (κ3) is 3.56. The number of fused-ring (bicyclic) bond motifs is 1. The molecule has 0 saturated heterocycles. The first-order valence-corrected chi connectivity index (χ1v) is 9.63. The summed E-state index contributed by atoms with van der Waals surface area (Å²) in [4.78, 5) is 13.5. The SMILES string of the molecule is C=C(F)C1=C(C(=C)F)c2c(C)c(-c3ccc(C)cc3)c(CC(=O)O)c(C)c2N(C)C1. The van der Waals surface area contributed by atoms with Gasteiger partial charge in [0.25, 0.3) is 0 Å². The molecule has 156 valence electrons. The molecule has 2 aromatic rings. The molecule has 5 heteroatoms. The lowest BCUT2D eigenvalue weighted by molar-refractivity contribution is -0.136. The monoisotopic (exact) mass is 409 g/mol. The maximum absolute atomic E-state index is 14.6. The van der Waals surface area contributed by atoms with E-state index in [4.69, 9.17) is 0 Å². The lowest BCUT2D eigenvalue weighted by atomic mass is 9.80. The molecule has 0 saturated carbocycles. The predicted octanol–water partition coefficient (Wildman–Crippen LogP) is 6.08. The van der Waals surface area contributed by atoms with E-state index in [9.17, 15) is 18.7 Å². The van der Waals surface area contributed by atoms with Gasteiger partial charge in [0.05, 0.1) is 6.42 Å². The van der Waals surface area contributed by atoms with Crippen LogP contribution >= 0.6 is 0 Å². The molecule has 0 aliphatic carbocycles. The summed E-state index contributed by atoms with van der Waals surface area (Å²) < 4.78 is 28.9. The molecule has 1 N–H and O–H groups in total. The van der Waals surface area contributed by atoms with Gasteiger partial charge in [0, 0.05) is 36.0 Å². The smallest absolute Gasteiger partial charge is 0.307 e. The zero-order chi connectivity index (χ0) is 22.3. The normalized spacial score (nSPS) is 13.3. The molecular weight excluding hydrogens is 384 g/mol. The molecule has 1 aliphatic heterocycles. The zero-order valence-corrected chi connectivity index (χ0v) is 17.7. The van der Waals surface area contributed by atoms with Crippen LogP contribution in [0.2, 0.25) is 0 Å². The van der Waals surface area contributed by atoms with E-state index in [1.54, 1.807) is 7.05 Å². The van der Waals surface area contributed by atoms with Gasteiger partial charge in [-0.2, -0.15) is 0 Å². The lowest BCUT2D eigenvalue weighted by Crippen LogP contribution is -2.29. The summed E-state index contributed by atoms with van der Waals surface area (Å²) in [6, 6.07) is 7.73. The maximum Gasteiger partial charge on any atom is 0.307 e. The summed E-state index contributed by atoms with van der Waals surface area (Å²) >= 11 is 0. The standard InChI is InChI=1S/C25H25F2NO2/c1-13-7-9-18(10-8-13)22-15(3)23-24(17(5)27)20(16(4)26)12-28(6)25(23)14(2)19(22)11-21(29)30/h7-10H,4-5,11-12H2,1-3,6H3,(H,29,30). The Balaban J connectivity index is 2.50. The van der Waals surface area contributed by atoms with Gasteiger partial charge in [-0.25, -0.2) is 8.78 Å². The van der Waals surface area contributed by atoms with Crippen molar-refractivity contribution in [2.75, 3.05) is 18.5 Å². The van der Waals surface area contributed by atoms with Crippen molar-refractivity contribution in [3.8, 4) is 11.1 Å². The van der Waals surface area contributed by atoms with Gasteiger partial charge in [-0.3, -0.25) is 4.79 Å². The number of halogens is 2. The number of carbonyl (C=O) groups is 1. The van der Waals surface area contributed by atoms with E-state index in [1.165, 1.54) is 0 Å². The average Bonchev–Trinajstić information content (AvgIpc) is 2.65. The molecule has 3 rings (SSSR count). The number of carboxylic acids is 1. The van der Waals surface area contributed by atoms with Crippen molar-refractivity contribution in [2.24, 2.45) is 0 Å². The van der Waals surface area contributed by atoms with Gasteiger partial charge in [0.15, 0.2) is 0 Å². The fourth-order valence-corrected chi connectivity index (χ4v) is 4.38. The fourth-order valence-electron chi connectivity index (χ4n) is 4.38. The number of hydrogen-bond acceptors (Lipinski definition) is 2. The van der Waals surface area contributed by atoms with E-state index in [-0.39, 0.29) is 24.1 Å². The Bertz CT molecular complexity index is 1110. The highest BCUT2D eigenvalue weighted by molar-refractivity contribution is 5.98. The molecule has 0 radical (unpaired) electrons. The molecule has 0 unspecified atom stereocenters. The van der Waals surface area contributed by atoms with Gasteiger partial charge in [-0.15, -0.1) is 0 Å². The van der Waals surface area contributed by atoms with Crippen LogP contribution in [-0.4, -0.2) is 24.7 Å². The third-order valence-electron chi connectivity index (χ3n) is 5.69. The van der Waals surface area contributed by atoms with E-state index in [0.717, 1.165) is 22.3 Å². The molecular formula is C25H25F2NO2. The number of rotatable bonds is 5. The summed E-state index contributed by atoms with van der Waals surface area (Å²) in [6.07, 6.45) is -0.171. The highest BCUT2D eigenvalue weighted by Crippen LogP contribution is 2.48. The first kappa shape index (κ1) is 21.5. The maximum atomic E-state index is 14.6. The average molecular weight is 409 g/mol. The number of carboxylic acid groups (broad SMARTS) is 1. The molecule has 30 heavy (non-hydrogen) atoms. The summed E-state index contributed by atoms with van der Waals surface area (Å²) in [5, 5.41) is 9.56. The van der Waals surface area contributed by atoms with E-state index in [2.05, 4.69) is 13.2 Å². The third-order valence-corrected chi connectivity index (χ3v) is 5.69. The largest absolute Gasteiger partial charge is 0.481 e. The summed E-state index contributed by atoms with van der Waals surface area (Å²) in [5.74, 6) is -2.39. The molecule has 0 amide bonds. The van der Waals surface area contributed by atoms with Crippen LogP contribution in [0.3, 0.4) is 0 Å². The minimum absolute atomic E-state index is 0.103. The molecule has 0 atom stereocenters. The van der Waals surface area contributed by atoms with Crippen molar-refractivity contribution >= 4 is 17.2 Å². The van der Waals surface area contributed by atoms with E-state index < -0.39 is 17.6 Å². The molecule has 3 nitrogen and oxygen atoms in total. The number of likely N-dealkylation sites (N-methyl/N-ethyl adjacent to an activating group) is 1. The highest BCUT2D eigenvalue weighted by Gasteiger charge is 2.32. The fraction of sp³-hybridized carbons (Fsp3) is 0.240. The van der Waals surface area contributed by atoms with Gasteiger partial charge >= 0.3 is 5.97 Å². The highest BCUT2D eigenvalue weighted by atomic mass is 19.1. The van der Waals surface area contributed by atoms with Crippen LogP contribution in [0.4, 0.5) is 14.5 Å². The van der Waals surface area contributed by atoms with Crippen LogP contribution < -0.4 is 4.90 Å². The predicted molar refractivity (Wildman–Crippen MR) is 118 cm³/mol. The number of hydrogen-bond donors (Lipinski definition) is 1. The van der Waals surface area contributed by atoms with Crippen LogP contribution in [0, 0.1) is 20.8 Å². The van der Waals surface area contributed by atoms with Crippen molar-refractivity contribution < 1.29 is 18.7 Å². The second-order valence-corrected chi connectivity index (χ2v) is 7.78. The van der Waals surface area contributed by atoms with Gasteiger partial charge in [0.2, 0.25) is 0 Å². The number of aliphatic carboxylic acids is 1. The van der Waals surface area contributed by atoms with Crippen LogP contribution in [0.5, 0.6) is 0 Å². The van der Waals surface area contributed by atoms with Crippen molar-refractivity contribution in [2.45, 2.75) is 27.2 Å². The van der Waals surface area contributed by atoms with Crippen LogP contribution in [0.25, 0.3) is 16.7 Å². The molecule has 2 aromatic carbocycles. The van der Waals surface area contributed by atoms with E-state index in [0.29, 0.717) is 22.4 Å². The van der Waals surface area contributed by atoms with Crippen LogP contribution in [0.15, 0.2) is 54.7 Å². The first-order chi connectivity index (χ1) is 14.0. The molecule has 1 heterocycles. The van der Waals surface area contributed by atoms with Crippen LogP contribution in [-0.2, 0) is 11.2 Å². The van der Waals surface area contributed by atoms with Gasteiger partial charge in [0.1, 0.15) is 11.7 Å². The topological polar surface area (TPSA) is 40.5 Å². The Kier molecular flexibility index (Phi) is 5.66. The zero-order valence-electron chi connectivity index (χ0n) is 17.7. The Morgan fingerprint density at radius 2 is 1.63 bits per heavy atom. The molecule has 1 aliphatic rings. The number of benzene rings is 2. The van der Waals surface area contributed by atoms with Gasteiger partial charge < -0.3 is 10.0 Å². The summed E-state index contributed by atoms with van der Waals surface area (Å²) in [6.45, 7) is 12.6. The Morgan fingerprint density at radius 3 is 2.13 bits per heavy atom. The molecule has 0 fully saturated rings. The van der Waals surface area contributed by atoms with Crippen molar-refractivity contribution in [1.82, 2.24) is 0 Å². The lowest BCUT2D eigenvalue weighted by Gasteiger charge is -2.35. The van der Waals surface area contributed by atoms with Crippen molar-refractivity contribution in [3.63, 3.8) is 0 Å². The van der Waals surface area contributed by atoms with Crippen LogP contribution in [0.1, 0.15) is 27.8 Å². The Morgan fingerprint density at radius 1 is 1.03 bits per heavy atom. The van der Waals surface area contributed by atoms with Gasteiger partial charge in [-0.1, -0.05) is 43.0 Å². The first-order valence-electron chi connectivity index (χ1n) is 9.63. The number of nitrogens with zero attached hydrogens (tertiary/aromatic N) is 1. The van der Waals surface area contributed by atoms with Crippen molar-refractivity contribution in [3.05, 3.63) is 82.5 Å². The van der Waals surface area contributed by atoms with Gasteiger partial charge in [-0.05, 0) is 48.6 Å². The quantitative estimate of drug-likeness (QED) is 0.651. The number of aryl methyl sites for hydroxylation is 1. The molecule has 0 spiro atoms. The summed E-state index contributed by atoms with van der Waals surface area (Å²) in [7, 11) is 1.78. The number of anilines is 1. The molecule has 0 aromatic heterocycles. The Hall–Kier alpha value is -3.21. The van der Waals surface area contributed by atoms with Crippen molar-refractivity contribution in [1.29, 1.82) is 0 Å². The molecule has 0 bridgehead atoms. The second kappa shape index (κ2) is 7.90. The minimum atomic E-state index is -0.951. The Labute approximate surface area is 175 Å². The summed E-state index contributed by atoms with van der Waals surface area (Å²) in [5.41, 5.74) is 6.20. The van der Waals surface area contributed by atoms with E-state index >= 15 is 0 Å².